The van der Waals surface area contributed by atoms with Crippen molar-refractivity contribution in [1.29, 1.82) is 0 Å². The molecule has 4 N–H and O–H groups in total. The number of nitrogens with two attached hydrogens (primary N) is 1. The van der Waals surface area contributed by atoms with Gasteiger partial charge in [0.15, 0.2) is 29.0 Å². The number of H-pyrrole nitrogens is 1. The Kier molecular flexibility index (Phi) is 8.86. The van der Waals surface area contributed by atoms with Crippen LogP contribution >= 0.6 is 0 Å². The van der Waals surface area contributed by atoms with Crippen LogP contribution < -0.4 is 15.2 Å². The van der Waals surface area contributed by atoms with E-state index in [0.29, 0.717) is 0 Å². The van der Waals surface area contributed by atoms with E-state index in [1.54, 1.807) is 6.20 Å². The van der Waals surface area contributed by atoms with Gasteiger partial charge in [-0.3, -0.25) is 14.8 Å². The highest BCUT2D eigenvalue weighted by molar-refractivity contribution is 6.05. The third-order valence-corrected chi connectivity index (χ3v) is 5.54. The molecule has 4 rings (SSSR count). The van der Waals surface area contributed by atoms with Gasteiger partial charge in [-0.1, -0.05) is 13.0 Å². The summed E-state index contributed by atoms with van der Waals surface area (Å²) in [6.45, 7) is 3.76. The number of hydrogen-bond donors (Lipinski definition) is 3. The highest BCUT2D eigenvalue weighted by Gasteiger charge is 2.25. The first-order valence-corrected chi connectivity index (χ1v) is 11.2. The van der Waals surface area contributed by atoms with Gasteiger partial charge in [0.25, 0.3) is 5.91 Å². The molecule has 2 aromatic heterocycles. The lowest BCUT2D eigenvalue weighted by molar-refractivity contribution is 0.0698. The second kappa shape index (κ2) is 12.1. The Morgan fingerprint density at radius 2 is 1.66 bits per heavy atom. The Hall–Kier alpha value is -4.65. The van der Waals surface area contributed by atoms with Crippen LogP contribution in [0.15, 0.2) is 36.8 Å². The molecule has 0 aliphatic carbocycles. The molecular formula is C25H26F2N6O5. The lowest BCUT2D eigenvalue weighted by Crippen LogP contribution is -2.17. The standard InChI is InChI=1S/C17H12F2N2O4.C8H14N4O/c1-24-10-7-11(25-2)14(19)12(13(10)18)8-3-4-9(17(22)23)16-15(8)20-5-6-21-16;1-3-12(2)5-6-4-10-8(11-6)7(9)13/h3-7H,1-2H3,(H,22,23);4H,3,5H2,1-2H3,(H2,9,13)(H,10,11). The smallest absolute Gasteiger partial charge is 0.337 e. The minimum absolute atomic E-state index is 0.0214. The van der Waals surface area contributed by atoms with E-state index in [2.05, 4.69) is 31.8 Å². The molecule has 0 radical (unpaired) electrons. The van der Waals surface area contributed by atoms with E-state index in [9.17, 15) is 23.5 Å². The molecule has 1 amide bonds. The molecule has 13 heteroatoms. The second-order valence-electron chi connectivity index (χ2n) is 7.96. The van der Waals surface area contributed by atoms with Gasteiger partial charge in [-0.2, -0.15) is 0 Å². The van der Waals surface area contributed by atoms with E-state index in [4.69, 9.17) is 15.2 Å². The van der Waals surface area contributed by atoms with Crippen molar-refractivity contribution in [3.63, 3.8) is 0 Å². The number of nitrogens with zero attached hydrogens (tertiary/aromatic N) is 4. The van der Waals surface area contributed by atoms with Crippen LogP contribution in [0.2, 0.25) is 0 Å². The van der Waals surface area contributed by atoms with Gasteiger partial charge in [0.2, 0.25) is 0 Å². The van der Waals surface area contributed by atoms with Crippen LogP contribution in [-0.4, -0.2) is 69.6 Å². The van der Waals surface area contributed by atoms with E-state index >= 15 is 0 Å². The van der Waals surface area contributed by atoms with E-state index in [1.807, 2.05) is 7.05 Å². The zero-order valence-electron chi connectivity index (χ0n) is 21.1. The average Bonchev–Trinajstić information content (AvgIpc) is 3.38. The number of nitrogens with one attached hydrogen (secondary N) is 1. The number of methoxy groups -OCH3 is 2. The Bertz CT molecular complexity index is 1450. The number of carbonyl (C=O) groups is 2. The number of hydrogen-bond acceptors (Lipinski definition) is 8. The van der Waals surface area contributed by atoms with Crippen molar-refractivity contribution in [2.45, 2.75) is 13.5 Å². The molecule has 200 valence electrons. The van der Waals surface area contributed by atoms with Crippen molar-refractivity contribution >= 4 is 22.9 Å². The number of ether oxygens (including phenoxy) is 2. The fraction of sp³-hybridized carbons (Fsp3) is 0.240. The summed E-state index contributed by atoms with van der Waals surface area (Å²) in [5.74, 6) is -3.85. The maximum Gasteiger partial charge on any atom is 0.337 e. The van der Waals surface area contributed by atoms with Gasteiger partial charge in [-0.05, 0) is 19.7 Å². The molecular weight excluding hydrogens is 502 g/mol. The number of fused-ring (bicyclic) bond motifs is 1. The van der Waals surface area contributed by atoms with Gasteiger partial charge in [0, 0.05) is 36.3 Å². The van der Waals surface area contributed by atoms with Gasteiger partial charge >= 0.3 is 5.97 Å². The van der Waals surface area contributed by atoms with Crippen molar-refractivity contribution < 1.29 is 33.0 Å². The van der Waals surface area contributed by atoms with Gasteiger partial charge in [-0.25, -0.2) is 18.6 Å². The topological polar surface area (TPSA) is 157 Å². The first-order chi connectivity index (χ1) is 18.1. The Morgan fingerprint density at radius 3 is 2.16 bits per heavy atom. The summed E-state index contributed by atoms with van der Waals surface area (Å²) in [5, 5.41) is 9.26. The molecule has 0 aliphatic heterocycles. The van der Waals surface area contributed by atoms with Crippen molar-refractivity contribution in [2.24, 2.45) is 5.73 Å². The van der Waals surface area contributed by atoms with Crippen molar-refractivity contribution in [3.05, 3.63) is 65.5 Å². The van der Waals surface area contributed by atoms with Crippen molar-refractivity contribution in [1.82, 2.24) is 24.8 Å². The van der Waals surface area contributed by atoms with Crippen molar-refractivity contribution in [2.75, 3.05) is 27.8 Å². The number of imidazole rings is 1. The average molecular weight is 529 g/mol. The molecule has 0 atom stereocenters. The Labute approximate surface area is 216 Å². The zero-order chi connectivity index (χ0) is 28.0. The number of aromatic amines is 1. The number of carboxylic acid groups (broad SMARTS) is 1. The SMILES string of the molecule is CCN(C)Cc1cnc(C(N)=O)[nH]1.COc1cc(OC)c(F)c(-c2ccc(C(=O)O)c3nccnc23)c1F. The monoisotopic (exact) mass is 528 g/mol. The number of rotatable bonds is 8. The maximum atomic E-state index is 14.7. The molecule has 38 heavy (non-hydrogen) atoms. The molecule has 0 bridgehead atoms. The predicted molar refractivity (Wildman–Crippen MR) is 134 cm³/mol. The number of aromatic carboxylic acids is 1. The van der Waals surface area contributed by atoms with Crippen LogP contribution in [-0.2, 0) is 6.54 Å². The molecule has 0 spiro atoms. The third kappa shape index (κ3) is 5.83. The van der Waals surface area contributed by atoms with E-state index < -0.39 is 29.1 Å². The lowest BCUT2D eigenvalue weighted by Gasteiger charge is -2.14. The van der Waals surface area contributed by atoms with Gasteiger partial charge < -0.3 is 30.2 Å². The molecule has 0 unspecified atom stereocenters. The summed E-state index contributed by atoms with van der Waals surface area (Å²) < 4.78 is 39.3. The number of benzene rings is 2. The van der Waals surface area contributed by atoms with Crippen LogP contribution in [0, 0.1) is 11.6 Å². The molecule has 0 aliphatic rings. The third-order valence-electron chi connectivity index (χ3n) is 5.54. The predicted octanol–water partition coefficient (Wildman–Crippen LogP) is 3.25. The number of carboxylic acids is 1. The summed E-state index contributed by atoms with van der Waals surface area (Å²) in [4.78, 5) is 38.9. The summed E-state index contributed by atoms with van der Waals surface area (Å²) in [5.41, 5.74) is 5.51. The first kappa shape index (κ1) is 27.9. The molecule has 0 saturated carbocycles. The quantitative estimate of drug-likeness (QED) is 0.312. The van der Waals surface area contributed by atoms with E-state index in [-0.39, 0.29) is 39.5 Å². The first-order valence-electron chi connectivity index (χ1n) is 11.2. The number of carbonyl (C=O) groups excluding carboxylic acids is 1. The van der Waals surface area contributed by atoms with Gasteiger partial charge in [-0.15, -0.1) is 0 Å². The molecule has 2 aromatic carbocycles. The summed E-state index contributed by atoms with van der Waals surface area (Å²) in [7, 11) is 4.47. The number of aromatic nitrogens is 4. The molecule has 4 aromatic rings. The normalized spacial score (nSPS) is 10.7. The molecule has 11 nitrogen and oxygen atoms in total. The zero-order valence-corrected chi connectivity index (χ0v) is 21.1. The minimum atomic E-state index is -1.22. The van der Waals surface area contributed by atoms with Gasteiger partial charge in [0.05, 0.1) is 37.1 Å². The fourth-order valence-electron chi connectivity index (χ4n) is 3.52. The van der Waals surface area contributed by atoms with Crippen molar-refractivity contribution in [3.8, 4) is 22.6 Å². The number of amides is 1. The van der Waals surface area contributed by atoms with Crippen LogP contribution in [0.1, 0.15) is 33.6 Å². The number of primary amides is 1. The summed E-state index contributed by atoms with van der Waals surface area (Å²) >= 11 is 0. The van der Waals surface area contributed by atoms with Crippen LogP contribution in [0.5, 0.6) is 11.5 Å². The highest BCUT2D eigenvalue weighted by atomic mass is 19.1. The largest absolute Gasteiger partial charge is 0.494 e. The highest BCUT2D eigenvalue weighted by Crippen LogP contribution is 2.40. The van der Waals surface area contributed by atoms with Crippen LogP contribution in [0.3, 0.4) is 0 Å². The summed E-state index contributed by atoms with van der Waals surface area (Å²) in [6.07, 6.45) is 4.24. The van der Waals surface area contributed by atoms with Crippen LogP contribution in [0.25, 0.3) is 22.2 Å². The fourth-order valence-corrected chi connectivity index (χ4v) is 3.52. The lowest BCUT2D eigenvalue weighted by atomic mass is 9.99. The number of halogens is 2. The Morgan fingerprint density at radius 1 is 1.05 bits per heavy atom. The molecule has 0 saturated heterocycles. The maximum absolute atomic E-state index is 14.7. The second-order valence-corrected chi connectivity index (χ2v) is 7.96. The van der Waals surface area contributed by atoms with Gasteiger partial charge in [0.1, 0.15) is 5.52 Å². The molecule has 2 heterocycles. The van der Waals surface area contributed by atoms with E-state index in [0.717, 1.165) is 24.8 Å². The molecule has 0 fully saturated rings. The summed E-state index contributed by atoms with van der Waals surface area (Å²) in [6, 6.07) is 3.59. The van der Waals surface area contributed by atoms with Crippen LogP contribution in [0.4, 0.5) is 8.78 Å². The minimum Gasteiger partial charge on any atom is -0.494 e. The Balaban J connectivity index is 0.000000260. The van der Waals surface area contributed by atoms with E-state index in [1.165, 1.54) is 38.7 Å².